The first-order valence-electron chi connectivity index (χ1n) is 9.21. The monoisotopic (exact) mass is 344 g/mol. The number of pyridine rings is 1. The van der Waals surface area contributed by atoms with Crippen LogP contribution in [0.3, 0.4) is 0 Å². The molecule has 3 rings (SSSR count). The molecule has 6 nitrogen and oxygen atoms in total. The van der Waals surface area contributed by atoms with Crippen molar-refractivity contribution in [3.05, 3.63) is 24.2 Å². The number of aromatic nitrogens is 3. The van der Waals surface area contributed by atoms with E-state index < -0.39 is 0 Å². The number of nitrogens with one attached hydrogen (secondary N) is 2. The van der Waals surface area contributed by atoms with E-state index in [0.717, 1.165) is 11.9 Å². The van der Waals surface area contributed by atoms with Crippen LogP contribution >= 0.6 is 0 Å². The molecule has 0 aromatic carbocycles. The number of aromatic amines is 1. The molecule has 3 unspecified atom stereocenters. The molecule has 2 heterocycles. The Balaban J connectivity index is 1.48. The molecule has 0 spiro atoms. The maximum Gasteiger partial charge on any atom is 0.246 e. The Morgan fingerprint density at radius 3 is 3.04 bits per heavy atom. The molecule has 0 aliphatic heterocycles. The fourth-order valence-corrected chi connectivity index (χ4v) is 3.70. The lowest BCUT2D eigenvalue weighted by Gasteiger charge is -2.37. The number of amides is 1. The number of hydrogen-bond donors (Lipinski definition) is 2. The summed E-state index contributed by atoms with van der Waals surface area (Å²) in [7, 11) is 0. The summed E-state index contributed by atoms with van der Waals surface area (Å²) in [6.07, 6.45) is 5.39. The Kier molecular flexibility index (Phi) is 5.68. The van der Waals surface area contributed by atoms with Crippen LogP contribution in [0, 0.1) is 17.8 Å². The zero-order valence-corrected chi connectivity index (χ0v) is 15.3. The Hall–Kier alpha value is -1.95. The smallest absolute Gasteiger partial charge is 0.246 e. The predicted molar refractivity (Wildman–Crippen MR) is 96.8 cm³/mol. The Morgan fingerprint density at radius 1 is 1.44 bits per heavy atom. The highest BCUT2D eigenvalue weighted by Gasteiger charge is 2.31. The zero-order valence-electron chi connectivity index (χ0n) is 15.3. The average Bonchev–Trinajstić information content (AvgIpc) is 3.01. The van der Waals surface area contributed by atoms with E-state index in [0.29, 0.717) is 35.8 Å². The van der Waals surface area contributed by atoms with E-state index in [1.165, 1.54) is 12.8 Å². The summed E-state index contributed by atoms with van der Waals surface area (Å²) < 4.78 is 5.98. The van der Waals surface area contributed by atoms with Gasteiger partial charge >= 0.3 is 0 Å². The minimum Gasteiger partial charge on any atom is -0.368 e. The minimum atomic E-state index is -0.103. The van der Waals surface area contributed by atoms with Crippen LogP contribution in [0.5, 0.6) is 0 Å². The van der Waals surface area contributed by atoms with Crippen LogP contribution < -0.4 is 5.32 Å². The van der Waals surface area contributed by atoms with E-state index in [9.17, 15) is 4.79 Å². The highest BCUT2D eigenvalue weighted by atomic mass is 16.5. The highest BCUT2D eigenvalue weighted by Crippen LogP contribution is 2.35. The second-order valence-electron chi connectivity index (χ2n) is 7.51. The summed E-state index contributed by atoms with van der Waals surface area (Å²) >= 11 is 0. The maximum absolute atomic E-state index is 12.1. The first-order chi connectivity index (χ1) is 12.0. The van der Waals surface area contributed by atoms with Crippen LogP contribution in [-0.2, 0) is 16.1 Å². The molecule has 2 N–H and O–H groups in total. The largest absolute Gasteiger partial charge is 0.368 e. The molecule has 25 heavy (non-hydrogen) atoms. The molecule has 136 valence electrons. The molecular formula is C19H28N4O2. The van der Waals surface area contributed by atoms with E-state index in [1.54, 1.807) is 6.20 Å². The normalized spacial score (nSPS) is 23.9. The number of fused-ring (bicyclic) bond motifs is 1. The van der Waals surface area contributed by atoms with Crippen molar-refractivity contribution >= 4 is 17.1 Å². The third-order valence-electron chi connectivity index (χ3n) is 5.15. The molecule has 1 saturated carbocycles. The SMILES string of the molecule is CC1CCC(C(C)C)C(OCC(=O)NCc2nc3ncccc3[nH]2)C1. The van der Waals surface area contributed by atoms with E-state index in [2.05, 4.69) is 41.0 Å². The molecule has 2 aromatic heterocycles. The van der Waals surface area contributed by atoms with Gasteiger partial charge in [0.15, 0.2) is 5.65 Å². The van der Waals surface area contributed by atoms with Gasteiger partial charge in [-0.15, -0.1) is 0 Å². The van der Waals surface area contributed by atoms with Gasteiger partial charge in [0.25, 0.3) is 0 Å². The molecule has 0 radical (unpaired) electrons. The van der Waals surface area contributed by atoms with Crippen LogP contribution in [-0.4, -0.2) is 33.6 Å². The summed E-state index contributed by atoms with van der Waals surface area (Å²) in [5.74, 6) is 2.41. The lowest BCUT2D eigenvalue weighted by molar-refractivity contribution is -0.131. The highest BCUT2D eigenvalue weighted by molar-refractivity contribution is 5.77. The van der Waals surface area contributed by atoms with E-state index in [4.69, 9.17) is 4.74 Å². The Bertz CT molecular complexity index is 679. The second-order valence-corrected chi connectivity index (χ2v) is 7.51. The number of rotatable bonds is 6. The van der Waals surface area contributed by atoms with Gasteiger partial charge in [0.1, 0.15) is 12.4 Å². The lowest BCUT2D eigenvalue weighted by Crippen LogP contribution is -2.37. The number of H-pyrrole nitrogens is 1. The molecule has 1 fully saturated rings. The van der Waals surface area contributed by atoms with Crippen molar-refractivity contribution in [3.8, 4) is 0 Å². The minimum absolute atomic E-state index is 0.103. The first-order valence-corrected chi connectivity index (χ1v) is 9.21. The van der Waals surface area contributed by atoms with Gasteiger partial charge in [-0.2, -0.15) is 0 Å². The van der Waals surface area contributed by atoms with Crippen molar-refractivity contribution in [1.82, 2.24) is 20.3 Å². The van der Waals surface area contributed by atoms with Gasteiger partial charge in [-0.1, -0.05) is 27.2 Å². The van der Waals surface area contributed by atoms with Crippen LogP contribution in [0.15, 0.2) is 18.3 Å². The quantitative estimate of drug-likeness (QED) is 0.844. The molecule has 1 aliphatic rings. The summed E-state index contributed by atoms with van der Waals surface area (Å²) in [5.41, 5.74) is 1.54. The second kappa shape index (κ2) is 7.95. The van der Waals surface area contributed by atoms with Crippen molar-refractivity contribution in [1.29, 1.82) is 0 Å². The van der Waals surface area contributed by atoms with Gasteiger partial charge < -0.3 is 15.0 Å². The molecule has 0 bridgehead atoms. The van der Waals surface area contributed by atoms with Crippen molar-refractivity contribution < 1.29 is 9.53 Å². The lowest BCUT2D eigenvalue weighted by atomic mass is 9.75. The van der Waals surface area contributed by atoms with Gasteiger partial charge in [0.05, 0.1) is 18.2 Å². The van der Waals surface area contributed by atoms with Gasteiger partial charge in [0, 0.05) is 6.20 Å². The molecule has 1 aliphatic carbocycles. The third kappa shape index (κ3) is 4.57. The van der Waals surface area contributed by atoms with Gasteiger partial charge in [-0.3, -0.25) is 4.79 Å². The average molecular weight is 344 g/mol. The van der Waals surface area contributed by atoms with Gasteiger partial charge in [-0.25, -0.2) is 9.97 Å². The molecule has 1 amide bonds. The Morgan fingerprint density at radius 2 is 2.28 bits per heavy atom. The van der Waals surface area contributed by atoms with Crippen LogP contribution in [0.2, 0.25) is 0 Å². The number of carbonyl (C=O) groups excluding carboxylic acids is 1. The topological polar surface area (TPSA) is 79.9 Å². The standard InChI is InChI=1S/C19H28N4O2/c1-12(2)14-7-6-13(3)9-16(14)25-11-18(24)21-10-17-22-15-5-4-8-20-19(15)23-17/h4-5,8,12-14,16H,6-7,9-11H2,1-3H3,(H,21,24)(H,20,22,23). The van der Waals surface area contributed by atoms with Gasteiger partial charge in [-0.05, 0) is 42.7 Å². The van der Waals surface area contributed by atoms with E-state index in [1.807, 2.05) is 12.1 Å². The van der Waals surface area contributed by atoms with Crippen LogP contribution in [0.1, 0.15) is 45.9 Å². The fraction of sp³-hybridized carbons (Fsp3) is 0.632. The maximum atomic E-state index is 12.1. The van der Waals surface area contributed by atoms with E-state index in [-0.39, 0.29) is 18.6 Å². The van der Waals surface area contributed by atoms with E-state index >= 15 is 0 Å². The molecule has 0 saturated heterocycles. The fourth-order valence-electron chi connectivity index (χ4n) is 3.70. The third-order valence-corrected chi connectivity index (χ3v) is 5.15. The molecule has 6 heteroatoms. The molecule has 3 atom stereocenters. The zero-order chi connectivity index (χ0) is 17.8. The summed E-state index contributed by atoms with van der Waals surface area (Å²) in [6, 6.07) is 3.77. The Labute approximate surface area is 148 Å². The van der Waals surface area contributed by atoms with Gasteiger partial charge in [0.2, 0.25) is 5.91 Å². The molecule has 2 aromatic rings. The summed E-state index contributed by atoms with van der Waals surface area (Å²) in [6.45, 7) is 7.22. The molecular weight excluding hydrogens is 316 g/mol. The number of nitrogens with zero attached hydrogens (tertiary/aromatic N) is 2. The van der Waals surface area contributed by atoms with Crippen LogP contribution in [0.25, 0.3) is 11.2 Å². The number of ether oxygens (including phenoxy) is 1. The predicted octanol–water partition coefficient (Wildman–Crippen LogP) is 3.05. The van der Waals surface area contributed by atoms with Crippen molar-refractivity contribution in [2.24, 2.45) is 17.8 Å². The van der Waals surface area contributed by atoms with Crippen molar-refractivity contribution in [3.63, 3.8) is 0 Å². The number of imidazole rings is 1. The number of carbonyl (C=O) groups is 1. The first kappa shape index (κ1) is 17.9. The summed E-state index contributed by atoms with van der Waals surface area (Å²) in [4.78, 5) is 23.8. The number of hydrogen-bond acceptors (Lipinski definition) is 4. The van der Waals surface area contributed by atoms with Crippen LogP contribution in [0.4, 0.5) is 0 Å². The summed E-state index contributed by atoms with van der Waals surface area (Å²) in [5, 5.41) is 2.87. The van der Waals surface area contributed by atoms with Crippen molar-refractivity contribution in [2.75, 3.05) is 6.61 Å². The van der Waals surface area contributed by atoms with Crippen molar-refractivity contribution in [2.45, 2.75) is 52.7 Å².